The molecule has 1 fully saturated rings. The van der Waals surface area contributed by atoms with Crippen molar-refractivity contribution in [3.05, 3.63) is 42.5 Å². The van der Waals surface area contributed by atoms with Gasteiger partial charge in [0.2, 0.25) is 10.0 Å². The zero-order valence-electron chi connectivity index (χ0n) is 12.8. The maximum atomic E-state index is 11.8. The molecule has 0 radical (unpaired) electrons. The van der Waals surface area contributed by atoms with Gasteiger partial charge in [-0.2, -0.15) is 0 Å². The highest BCUT2D eigenvalue weighted by atomic mass is 32.2. The second-order valence-corrected chi connectivity index (χ2v) is 8.24. The van der Waals surface area contributed by atoms with Crippen molar-refractivity contribution in [2.45, 2.75) is 11.8 Å². The molecule has 7 heteroatoms. The molecular weight excluding hydrogens is 314 g/mol. The van der Waals surface area contributed by atoms with Crippen molar-refractivity contribution in [1.29, 1.82) is 0 Å². The lowest BCUT2D eigenvalue weighted by Gasteiger charge is -2.22. The van der Waals surface area contributed by atoms with Crippen molar-refractivity contribution in [3.8, 4) is 16.9 Å². The second kappa shape index (κ2) is 5.01. The van der Waals surface area contributed by atoms with Gasteiger partial charge in [-0.1, -0.05) is 6.07 Å². The number of fused-ring (bicyclic) bond motifs is 2. The minimum absolute atomic E-state index is 0.246. The number of aromatic nitrogens is 2. The van der Waals surface area contributed by atoms with Gasteiger partial charge in [0.25, 0.3) is 0 Å². The van der Waals surface area contributed by atoms with Gasteiger partial charge in [-0.05, 0) is 24.1 Å². The summed E-state index contributed by atoms with van der Waals surface area (Å²) in [6.45, 7) is 1.55. The van der Waals surface area contributed by atoms with E-state index in [9.17, 15) is 8.42 Å². The Bertz CT molecular complexity index is 854. The van der Waals surface area contributed by atoms with E-state index in [1.807, 2.05) is 12.1 Å². The highest BCUT2D eigenvalue weighted by Crippen LogP contribution is 2.46. The molecule has 1 saturated heterocycles. The fraction of sp³-hybridized carbons (Fsp3) is 0.375. The van der Waals surface area contributed by atoms with Crippen molar-refractivity contribution < 1.29 is 13.2 Å². The molecule has 0 amide bonds. The lowest BCUT2D eigenvalue weighted by molar-refractivity contribution is 0.271. The molecule has 1 aromatic carbocycles. The van der Waals surface area contributed by atoms with Crippen LogP contribution in [0, 0.1) is 0 Å². The average Bonchev–Trinajstić information content (AvgIpc) is 3.14. The van der Waals surface area contributed by atoms with Crippen LogP contribution in [0.1, 0.15) is 12.0 Å². The van der Waals surface area contributed by atoms with Gasteiger partial charge in [0.1, 0.15) is 12.1 Å². The first-order valence-electron chi connectivity index (χ1n) is 7.46. The van der Waals surface area contributed by atoms with Crippen LogP contribution >= 0.6 is 0 Å². The standard InChI is InChI=1S/C16H17N3O3S/c1-23(20,21)19-5-4-16(9-19)10-22-15-3-2-12(6-14(15)16)13-7-17-11-18-8-13/h2-3,6-8,11H,4-5,9-10H2,1H3/t16-/m0/s1. The lowest BCUT2D eigenvalue weighted by Crippen LogP contribution is -2.35. The van der Waals surface area contributed by atoms with Gasteiger partial charge in [0.05, 0.1) is 12.9 Å². The minimum atomic E-state index is -3.17. The van der Waals surface area contributed by atoms with Crippen LogP contribution in [0.5, 0.6) is 5.75 Å². The molecule has 3 heterocycles. The molecular formula is C16H17N3O3S. The third-order valence-electron chi connectivity index (χ3n) is 4.74. The van der Waals surface area contributed by atoms with Crippen LogP contribution in [-0.4, -0.2) is 48.6 Å². The maximum Gasteiger partial charge on any atom is 0.211 e. The fourth-order valence-corrected chi connectivity index (χ4v) is 4.35. The van der Waals surface area contributed by atoms with Crippen LogP contribution < -0.4 is 4.74 Å². The summed E-state index contributed by atoms with van der Waals surface area (Å²) >= 11 is 0. The van der Waals surface area contributed by atoms with E-state index in [2.05, 4.69) is 16.0 Å². The molecule has 0 N–H and O–H groups in total. The highest BCUT2D eigenvalue weighted by molar-refractivity contribution is 7.88. The Morgan fingerprint density at radius 2 is 2.00 bits per heavy atom. The molecule has 1 atom stereocenters. The van der Waals surface area contributed by atoms with E-state index in [4.69, 9.17) is 4.74 Å². The average molecular weight is 331 g/mol. The zero-order chi connectivity index (χ0) is 16.1. The number of ether oxygens (including phenoxy) is 1. The van der Waals surface area contributed by atoms with E-state index >= 15 is 0 Å². The topological polar surface area (TPSA) is 72.4 Å². The van der Waals surface area contributed by atoms with Crippen LogP contribution in [0.25, 0.3) is 11.1 Å². The Labute approximate surface area is 135 Å². The van der Waals surface area contributed by atoms with Gasteiger partial charge in [0.15, 0.2) is 0 Å². The summed E-state index contributed by atoms with van der Waals surface area (Å²) < 4.78 is 31.1. The Kier molecular flexibility index (Phi) is 3.18. The Balaban J connectivity index is 1.74. The van der Waals surface area contributed by atoms with Crippen molar-refractivity contribution in [1.82, 2.24) is 14.3 Å². The Morgan fingerprint density at radius 3 is 2.70 bits per heavy atom. The first-order valence-corrected chi connectivity index (χ1v) is 9.31. The largest absolute Gasteiger partial charge is 0.492 e. The van der Waals surface area contributed by atoms with Crippen LogP contribution in [0.15, 0.2) is 36.9 Å². The van der Waals surface area contributed by atoms with E-state index < -0.39 is 10.0 Å². The molecule has 0 saturated carbocycles. The van der Waals surface area contributed by atoms with Gasteiger partial charge in [0, 0.05) is 42.0 Å². The Morgan fingerprint density at radius 1 is 1.22 bits per heavy atom. The zero-order valence-corrected chi connectivity index (χ0v) is 13.6. The summed E-state index contributed by atoms with van der Waals surface area (Å²) in [6.07, 6.45) is 7.09. The summed E-state index contributed by atoms with van der Waals surface area (Å²) in [6, 6.07) is 6.03. The van der Waals surface area contributed by atoms with Crippen molar-refractivity contribution in [2.75, 3.05) is 26.0 Å². The minimum Gasteiger partial charge on any atom is -0.492 e. The molecule has 1 spiro atoms. The summed E-state index contributed by atoms with van der Waals surface area (Å²) in [7, 11) is -3.17. The summed E-state index contributed by atoms with van der Waals surface area (Å²) in [5.41, 5.74) is 2.80. The van der Waals surface area contributed by atoms with E-state index in [0.29, 0.717) is 19.7 Å². The highest BCUT2D eigenvalue weighted by Gasteiger charge is 2.48. The molecule has 4 rings (SSSR count). The van der Waals surface area contributed by atoms with Crippen LogP contribution in [0.2, 0.25) is 0 Å². The van der Waals surface area contributed by atoms with Crippen LogP contribution in [0.3, 0.4) is 0 Å². The van der Waals surface area contributed by atoms with Gasteiger partial charge in [-0.3, -0.25) is 0 Å². The number of sulfonamides is 1. The molecule has 0 unspecified atom stereocenters. The lowest BCUT2D eigenvalue weighted by atomic mass is 9.81. The Hall–Kier alpha value is -1.99. The number of hydrogen-bond donors (Lipinski definition) is 0. The quantitative estimate of drug-likeness (QED) is 0.832. The summed E-state index contributed by atoms with van der Waals surface area (Å²) in [5.74, 6) is 0.848. The number of benzene rings is 1. The van der Waals surface area contributed by atoms with E-state index in [1.54, 1.807) is 16.7 Å². The number of rotatable bonds is 2. The van der Waals surface area contributed by atoms with Gasteiger partial charge < -0.3 is 4.74 Å². The summed E-state index contributed by atoms with van der Waals surface area (Å²) in [4.78, 5) is 8.12. The fourth-order valence-electron chi connectivity index (χ4n) is 3.45. The van der Waals surface area contributed by atoms with Crippen LogP contribution in [0.4, 0.5) is 0 Å². The first kappa shape index (κ1) is 14.6. The SMILES string of the molecule is CS(=O)(=O)N1CC[C@@]2(COc3ccc(-c4cncnc4)cc32)C1. The van der Waals surface area contributed by atoms with Crippen molar-refractivity contribution in [2.24, 2.45) is 0 Å². The predicted octanol–water partition coefficient (Wildman–Crippen LogP) is 1.44. The molecule has 6 nitrogen and oxygen atoms in total. The van der Waals surface area contributed by atoms with E-state index in [0.717, 1.165) is 28.9 Å². The van der Waals surface area contributed by atoms with Crippen molar-refractivity contribution in [3.63, 3.8) is 0 Å². The van der Waals surface area contributed by atoms with Gasteiger partial charge in [-0.25, -0.2) is 22.7 Å². The normalized spacial score (nSPS) is 23.9. The van der Waals surface area contributed by atoms with Gasteiger partial charge in [-0.15, -0.1) is 0 Å². The first-order chi connectivity index (χ1) is 11.0. The number of nitrogens with zero attached hydrogens (tertiary/aromatic N) is 3. The molecule has 0 aliphatic carbocycles. The molecule has 2 aromatic rings. The third kappa shape index (κ3) is 2.40. The maximum absolute atomic E-state index is 11.8. The molecule has 23 heavy (non-hydrogen) atoms. The molecule has 2 aliphatic heterocycles. The summed E-state index contributed by atoms with van der Waals surface area (Å²) in [5, 5.41) is 0. The number of hydrogen-bond acceptors (Lipinski definition) is 5. The third-order valence-corrected chi connectivity index (χ3v) is 5.99. The van der Waals surface area contributed by atoms with Gasteiger partial charge >= 0.3 is 0 Å². The van der Waals surface area contributed by atoms with Crippen LogP contribution in [-0.2, 0) is 15.4 Å². The molecule has 0 bridgehead atoms. The van der Waals surface area contributed by atoms with E-state index in [1.165, 1.54) is 12.6 Å². The molecule has 120 valence electrons. The van der Waals surface area contributed by atoms with Crippen molar-refractivity contribution >= 4 is 10.0 Å². The van der Waals surface area contributed by atoms with E-state index in [-0.39, 0.29) is 5.41 Å². The molecule has 2 aliphatic rings. The smallest absolute Gasteiger partial charge is 0.211 e. The monoisotopic (exact) mass is 331 g/mol. The second-order valence-electron chi connectivity index (χ2n) is 6.25. The molecule has 1 aromatic heterocycles. The predicted molar refractivity (Wildman–Crippen MR) is 85.7 cm³/mol.